The number of para-hydroxylation sites is 1. The van der Waals surface area contributed by atoms with Gasteiger partial charge in [0.15, 0.2) is 0 Å². The molecule has 0 unspecified atom stereocenters. The Morgan fingerprint density at radius 2 is 2.05 bits per heavy atom. The molecule has 108 valence electrons. The zero-order chi connectivity index (χ0) is 14.8. The molecule has 0 aliphatic carbocycles. The first-order chi connectivity index (χ1) is 10.1. The number of nitrogens with zero attached hydrogens (tertiary/aromatic N) is 1. The van der Waals surface area contributed by atoms with Gasteiger partial charge in [0.1, 0.15) is 5.82 Å². The number of amides is 2. The highest BCUT2D eigenvalue weighted by Crippen LogP contribution is 2.27. The molecular formula is C17H17FN2O. The van der Waals surface area contributed by atoms with E-state index in [9.17, 15) is 9.18 Å². The highest BCUT2D eigenvalue weighted by atomic mass is 19.1. The van der Waals surface area contributed by atoms with E-state index in [1.165, 1.54) is 11.6 Å². The predicted octanol–water partition coefficient (Wildman–Crippen LogP) is 4.12. The van der Waals surface area contributed by atoms with E-state index in [1.807, 2.05) is 24.3 Å². The van der Waals surface area contributed by atoms with E-state index in [2.05, 4.69) is 5.32 Å². The topological polar surface area (TPSA) is 32.3 Å². The lowest BCUT2D eigenvalue weighted by molar-refractivity contribution is 0.256. The third-order valence-electron chi connectivity index (χ3n) is 3.78. The van der Waals surface area contributed by atoms with Crippen LogP contribution in [0.4, 0.5) is 20.6 Å². The summed E-state index contributed by atoms with van der Waals surface area (Å²) in [5.74, 6) is -0.313. The first kappa shape index (κ1) is 13.6. The zero-order valence-electron chi connectivity index (χ0n) is 11.9. The number of benzene rings is 2. The second-order valence-electron chi connectivity index (χ2n) is 5.28. The van der Waals surface area contributed by atoms with Crippen LogP contribution in [0.3, 0.4) is 0 Å². The summed E-state index contributed by atoms with van der Waals surface area (Å²) >= 11 is 0. The van der Waals surface area contributed by atoms with E-state index < -0.39 is 0 Å². The lowest BCUT2D eigenvalue weighted by Gasteiger charge is -2.29. The average molecular weight is 284 g/mol. The number of hydrogen-bond donors (Lipinski definition) is 1. The quantitative estimate of drug-likeness (QED) is 0.839. The Hall–Kier alpha value is -2.36. The molecule has 0 saturated heterocycles. The normalized spacial score (nSPS) is 13.7. The van der Waals surface area contributed by atoms with Crippen LogP contribution in [0.25, 0.3) is 0 Å². The van der Waals surface area contributed by atoms with E-state index in [0.717, 1.165) is 18.5 Å². The summed E-state index contributed by atoms with van der Waals surface area (Å²) in [6.07, 6.45) is 1.92. The maximum Gasteiger partial charge on any atom is 0.326 e. The van der Waals surface area contributed by atoms with Gasteiger partial charge >= 0.3 is 6.03 Å². The van der Waals surface area contributed by atoms with Gasteiger partial charge in [-0.25, -0.2) is 9.18 Å². The SMILES string of the molecule is Cc1ccc(NC(=O)N2CCCc3ccccc32)cc1F. The number of carbonyl (C=O) groups is 1. The number of hydrogen-bond acceptors (Lipinski definition) is 1. The number of nitrogens with one attached hydrogen (secondary N) is 1. The minimum Gasteiger partial charge on any atom is -0.307 e. The van der Waals surface area contributed by atoms with Gasteiger partial charge < -0.3 is 5.32 Å². The van der Waals surface area contributed by atoms with Gasteiger partial charge in [0.2, 0.25) is 0 Å². The van der Waals surface area contributed by atoms with Crippen LogP contribution in [0.1, 0.15) is 17.5 Å². The van der Waals surface area contributed by atoms with Gasteiger partial charge in [-0.3, -0.25) is 4.90 Å². The molecule has 4 heteroatoms. The Labute approximate surface area is 123 Å². The minimum absolute atomic E-state index is 0.217. The molecule has 2 aromatic rings. The summed E-state index contributed by atoms with van der Waals surface area (Å²) in [7, 11) is 0. The Morgan fingerprint density at radius 1 is 1.24 bits per heavy atom. The van der Waals surface area contributed by atoms with Gasteiger partial charge in [-0.2, -0.15) is 0 Å². The molecule has 1 aliphatic rings. The Kier molecular flexibility index (Phi) is 3.60. The van der Waals surface area contributed by atoms with Gasteiger partial charge in [0.25, 0.3) is 0 Å². The Bertz CT molecular complexity index is 684. The van der Waals surface area contributed by atoms with Crippen molar-refractivity contribution in [3.63, 3.8) is 0 Å². The second-order valence-corrected chi connectivity index (χ2v) is 5.28. The van der Waals surface area contributed by atoms with E-state index in [-0.39, 0.29) is 11.8 Å². The summed E-state index contributed by atoms with van der Waals surface area (Å²) < 4.78 is 13.5. The fraction of sp³-hybridized carbons (Fsp3) is 0.235. The number of carbonyl (C=O) groups excluding carboxylic acids is 1. The average Bonchev–Trinajstić information content (AvgIpc) is 2.50. The van der Waals surface area contributed by atoms with Gasteiger partial charge in [-0.1, -0.05) is 24.3 Å². The van der Waals surface area contributed by atoms with Gasteiger partial charge in [-0.15, -0.1) is 0 Å². The molecule has 2 amide bonds. The molecule has 0 spiro atoms. The van der Waals surface area contributed by atoms with Crippen molar-refractivity contribution < 1.29 is 9.18 Å². The van der Waals surface area contributed by atoms with Gasteiger partial charge in [0, 0.05) is 17.9 Å². The molecule has 1 heterocycles. The van der Waals surface area contributed by atoms with Crippen LogP contribution in [-0.2, 0) is 6.42 Å². The standard InChI is InChI=1S/C17H17FN2O/c1-12-8-9-14(11-15(12)18)19-17(21)20-10-4-6-13-5-2-3-7-16(13)20/h2-3,5,7-9,11H,4,6,10H2,1H3,(H,19,21). The van der Waals surface area contributed by atoms with Crippen molar-refractivity contribution in [3.8, 4) is 0 Å². The number of halogens is 1. The van der Waals surface area contributed by atoms with Crippen LogP contribution in [0.5, 0.6) is 0 Å². The summed E-state index contributed by atoms with van der Waals surface area (Å²) in [6.45, 7) is 2.37. The zero-order valence-corrected chi connectivity index (χ0v) is 11.9. The molecule has 0 bridgehead atoms. The molecule has 3 nitrogen and oxygen atoms in total. The highest BCUT2D eigenvalue weighted by molar-refractivity contribution is 6.02. The number of anilines is 2. The smallest absolute Gasteiger partial charge is 0.307 e. The lowest BCUT2D eigenvalue weighted by atomic mass is 10.0. The van der Waals surface area contributed by atoms with Gasteiger partial charge in [0.05, 0.1) is 0 Å². The van der Waals surface area contributed by atoms with Crippen molar-refractivity contribution in [2.24, 2.45) is 0 Å². The molecule has 0 radical (unpaired) electrons. The number of urea groups is 1. The Balaban J connectivity index is 1.81. The largest absolute Gasteiger partial charge is 0.326 e. The van der Waals surface area contributed by atoms with E-state index in [0.29, 0.717) is 17.8 Å². The summed E-state index contributed by atoms with van der Waals surface area (Å²) in [5, 5.41) is 2.77. The first-order valence-corrected chi connectivity index (χ1v) is 7.08. The summed E-state index contributed by atoms with van der Waals surface area (Å²) in [4.78, 5) is 14.1. The van der Waals surface area contributed by atoms with E-state index in [4.69, 9.17) is 0 Å². The van der Waals surface area contributed by atoms with Crippen molar-refractivity contribution in [2.45, 2.75) is 19.8 Å². The third-order valence-corrected chi connectivity index (χ3v) is 3.78. The molecule has 1 aliphatic heterocycles. The molecule has 1 N–H and O–H groups in total. The minimum atomic E-state index is -0.313. The molecule has 0 atom stereocenters. The summed E-state index contributed by atoms with van der Waals surface area (Å²) in [6, 6.07) is 12.4. The fourth-order valence-corrected chi connectivity index (χ4v) is 2.61. The highest BCUT2D eigenvalue weighted by Gasteiger charge is 2.22. The van der Waals surface area contributed by atoms with Crippen molar-refractivity contribution in [1.82, 2.24) is 0 Å². The van der Waals surface area contributed by atoms with Gasteiger partial charge in [-0.05, 0) is 49.1 Å². The molecular weight excluding hydrogens is 267 g/mol. The first-order valence-electron chi connectivity index (χ1n) is 7.08. The molecule has 0 fully saturated rings. The van der Waals surface area contributed by atoms with Crippen LogP contribution in [0, 0.1) is 12.7 Å². The van der Waals surface area contributed by atoms with Crippen molar-refractivity contribution in [1.29, 1.82) is 0 Å². The number of rotatable bonds is 1. The fourth-order valence-electron chi connectivity index (χ4n) is 2.61. The molecule has 0 saturated carbocycles. The monoisotopic (exact) mass is 284 g/mol. The maximum absolute atomic E-state index is 13.5. The lowest BCUT2D eigenvalue weighted by Crippen LogP contribution is -2.38. The van der Waals surface area contributed by atoms with Crippen LogP contribution in [-0.4, -0.2) is 12.6 Å². The predicted molar refractivity (Wildman–Crippen MR) is 82.3 cm³/mol. The molecule has 0 aromatic heterocycles. The number of aryl methyl sites for hydroxylation is 2. The van der Waals surface area contributed by atoms with Crippen LogP contribution >= 0.6 is 0 Å². The maximum atomic E-state index is 13.5. The van der Waals surface area contributed by atoms with E-state index >= 15 is 0 Å². The van der Waals surface area contributed by atoms with Crippen molar-refractivity contribution in [2.75, 3.05) is 16.8 Å². The van der Waals surface area contributed by atoms with Crippen LogP contribution in [0.2, 0.25) is 0 Å². The van der Waals surface area contributed by atoms with Crippen LogP contribution in [0.15, 0.2) is 42.5 Å². The second kappa shape index (κ2) is 5.56. The molecule has 3 rings (SSSR count). The van der Waals surface area contributed by atoms with E-state index in [1.54, 1.807) is 24.0 Å². The van der Waals surface area contributed by atoms with Crippen LogP contribution < -0.4 is 10.2 Å². The molecule has 21 heavy (non-hydrogen) atoms. The molecule has 2 aromatic carbocycles. The van der Waals surface area contributed by atoms with Crippen molar-refractivity contribution in [3.05, 3.63) is 59.4 Å². The Morgan fingerprint density at radius 3 is 2.86 bits per heavy atom. The van der Waals surface area contributed by atoms with Crippen molar-refractivity contribution >= 4 is 17.4 Å². The third kappa shape index (κ3) is 2.75. The summed E-state index contributed by atoms with van der Waals surface area (Å²) in [5.41, 5.74) is 3.16. The number of fused-ring (bicyclic) bond motifs is 1.